The number of hydrogen-bond donors (Lipinski definition) is 0. The normalized spacial score (nSPS) is 12.1. The molecule has 0 radical (unpaired) electrons. The van der Waals surface area contributed by atoms with Crippen molar-refractivity contribution in [2.45, 2.75) is 20.4 Å². The van der Waals surface area contributed by atoms with E-state index in [0.717, 1.165) is 0 Å². The number of ether oxygens (including phenoxy) is 2. The van der Waals surface area contributed by atoms with Gasteiger partial charge in [-0.2, -0.15) is 0 Å². The van der Waals surface area contributed by atoms with Crippen LogP contribution >= 0.6 is 69.6 Å². The molecule has 0 rings (SSSR count). The lowest BCUT2D eigenvalue weighted by atomic mass is 10.3. The molecule has 4 nitrogen and oxygen atoms in total. The second-order valence-electron chi connectivity index (χ2n) is 2.97. The van der Waals surface area contributed by atoms with Crippen LogP contribution in [0.25, 0.3) is 0 Å². The van der Waals surface area contributed by atoms with Crippen molar-refractivity contribution in [3.8, 4) is 0 Å². The van der Waals surface area contributed by atoms with Crippen LogP contribution in [0.15, 0.2) is 0 Å². The summed E-state index contributed by atoms with van der Waals surface area (Å²) >= 11 is 31.6. The minimum absolute atomic E-state index is 0.0259. The van der Waals surface area contributed by atoms with Gasteiger partial charge in [0.2, 0.25) is 0 Å². The number of unbranched alkanes of at least 4 members (excludes halogenated alkanes) is 1. The Morgan fingerprint density at radius 3 is 1.22 bits per heavy atom. The zero-order valence-electron chi connectivity index (χ0n) is 8.73. The fourth-order valence-electron chi connectivity index (χ4n) is 0.698. The number of carbonyl (C=O) groups is 2. The average Bonchev–Trinajstić information content (AvgIpc) is 2.19. The Balaban J connectivity index is 3.60. The topological polar surface area (TPSA) is 52.6 Å². The number of carbonyl (C=O) groups excluding carboxylic acids is 2. The largest absolute Gasteiger partial charge is 0.463 e. The minimum Gasteiger partial charge on any atom is -0.463 e. The predicted octanol–water partition coefficient (Wildman–Crippen LogP) is 3.59. The van der Waals surface area contributed by atoms with Crippen LogP contribution in [0.3, 0.4) is 0 Å². The molecular weight excluding hydrogens is 373 g/mol. The average molecular weight is 381 g/mol. The summed E-state index contributed by atoms with van der Waals surface area (Å²) in [7, 11) is 0. The van der Waals surface area contributed by atoms with E-state index >= 15 is 0 Å². The lowest BCUT2D eigenvalue weighted by molar-refractivity contribution is -0.145. The molecule has 0 spiro atoms. The predicted molar refractivity (Wildman–Crippen MR) is 71.7 cm³/mol. The summed E-state index contributed by atoms with van der Waals surface area (Å²) in [5.41, 5.74) is 0. The molecule has 0 aliphatic heterocycles. The number of alkyl halides is 6. The number of halogens is 6. The first kappa shape index (κ1) is 18.7. The highest BCUT2D eigenvalue weighted by Gasteiger charge is 2.33. The van der Waals surface area contributed by atoms with Crippen LogP contribution in [0.5, 0.6) is 0 Å². The van der Waals surface area contributed by atoms with Gasteiger partial charge in [-0.25, -0.2) is 9.59 Å². The molecule has 0 aromatic heterocycles. The zero-order chi connectivity index (χ0) is 14.4. The van der Waals surface area contributed by atoms with Crippen LogP contribution < -0.4 is 0 Å². The SMILES string of the molecule is O=C(OCCCCOC(=O)C(Cl)(Cl)Cl)C(Cl)(Cl)Cl. The highest BCUT2D eigenvalue weighted by atomic mass is 35.6. The van der Waals surface area contributed by atoms with Gasteiger partial charge in [-0.15, -0.1) is 0 Å². The van der Waals surface area contributed by atoms with Crippen molar-refractivity contribution in [3.05, 3.63) is 0 Å². The quantitative estimate of drug-likeness (QED) is 0.415. The van der Waals surface area contributed by atoms with Crippen LogP contribution in [0.1, 0.15) is 12.8 Å². The standard InChI is InChI=1S/C8H8Cl6O4/c9-7(10,11)5(15)17-3-1-2-4-18-6(16)8(12,13)14/h1-4H2. The summed E-state index contributed by atoms with van der Waals surface area (Å²) in [5.74, 6) is -1.93. The van der Waals surface area contributed by atoms with E-state index in [1.807, 2.05) is 0 Å². The molecule has 0 bridgehead atoms. The molecule has 0 aliphatic carbocycles. The van der Waals surface area contributed by atoms with Crippen molar-refractivity contribution < 1.29 is 19.1 Å². The Hall–Kier alpha value is 0.680. The number of esters is 2. The number of rotatable bonds is 5. The van der Waals surface area contributed by atoms with Crippen molar-refractivity contribution in [1.29, 1.82) is 0 Å². The second kappa shape index (κ2) is 8.08. The van der Waals surface area contributed by atoms with Gasteiger partial charge < -0.3 is 9.47 Å². The Morgan fingerprint density at radius 1 is 0.722 bits per heavy atom. The van der Waals surface area contributed by atoms with Gasteiger partial charge in [-0.3, -0.25) is 0 Å². The van der Waals surface area contributed by atoms with E-state index in [0.29, 0.717) is 12.8 Å². The lowest BCUT2D eigenvalue weighted by Gasteiger charge is -2.11. The van der Waals surface area contributed by atoms with Gasteiger partial charge in [0.1, 0.15) is 0 Å². The van der Waals surface area contributed by atoms with Gasteiger partial charge in [0, 0.05) is 0 Å². The maximum atomic E-state index is 11.0. The van der Waals surface area contributed by atoms with Crippen molar-refractivity contribution >= 4 is 81.5 Å². The van der Waals surface area contributed by atoms with Crippen molar-refractivity contribution in [2.75, 3.05) is 13.2 Å². The maximum Gasteiger partial charge on any atom is 0.358 e. The minimum atomic E-state index is -2.10. The first-order valence-electron chi connectivity index (χ1n) is 4.53. The molecule has 0 aromatic rings. The van der Waals surface area contributed by atoms with Crippen molar-refractivity contribution in [1.82, 2.24) is 0 Å². The van der Waals surface area contributed by atoms with E-state index < -0.39 is 19.5 Å². The summed E-state index contributed by atoms with van der Waals surface area (Å²) in [6, 6.07) is 0. The third-order valence-electron chi connectivity index (χ3n) is 1.47. The smallest absolute Gasteiger partial charge is 0.358 e. The number of hydrogen-bond acceptors (Lipinski definition) is 4. The third kappa shape index (κ3) is 8.73. The van der Waals surface area contributed by atoms with Crippen LogP contribution in [0.2, 0.25) is 0 Å². The molecule has 0 aromatic carbocycles. The van der Waals surface area contributed by atoms with Gasteiger partial charge in [0.05, 0.1) is 13.2 Å². The molecule has 0 aliphatic rings. The fraction of sp³-hybridized carbons (Fsp3) is 0.750. The van der Waals surface area contributed by atoms with E-state index in [4.69, 9.17) is 69.6 Å². The van der Waals surface area contributed by atoms with Gasteiger partial charge in [-0.05, 0) is 12.8 Å². The molecule has 0 heterocycles. The summed E-state index contributed by atoms with van der Waals surface area (Å²) in [6.07, 6.45) is 0.805. The van der Waals surface area contributed by atoms with Crippen LogP contribution in [0.4, 0.5) is 0 Å². The first-order chi connectivity index (χ1) is 8.05. The van der Waals surface area contributed by atoms with Gasteiger partial charge in [0.15, 0.2) is 0 Å². The monoisotopic (exact) mass is 378 g/mol. The van der Waals surface area contributed by atoms with Gasteiger partial charge in [0.25, 0.3) is 7.59 Å². The van der Waals surface area contributed by atoms with E-state index in [9.17, 15) is 9.59 Å². The van der Waals surface area contributed by atoms with Crippen LogP contribution in [-0.4, -0.2) is 32.7 Å². The Morgan fingerprint density at radius 2 is 1.00 bits per heavy atom. The van der Waals surface area contributed by atoms with E-state index in [-0.39, 0.29) is 13.2 Å². The summed E-state index contributed by atoms with van der Waals surface area (Å²) in [6.45, 7) is 0.0517. The first-order valence-corrected chi connectivity index (χ1v) is 6.80. The van der Waals surface area contributed by atoms with E-state index in [2.05, 4.69) is 9.47 Å². The molecule has 18 heavy (non-hydrogen) atoms. The molecule has 0 saturated heterocycles. The molecule has 10 heteroatoms. The summed E-state index contributed by atoms with van der Waals surface area (Å²) < 4.78 is 5.06. The van der Waals surface area contributed by atoms with Crippen molar-refractivity contribution in [2.24, 2.45) is 0 Å². The molecule has 0 atom stereocenters. The molecule has 0 N–H and O–H groups in total. The fourth-order valence-corrected chi connectivity index (χ4v) is 1.02. The molecule has 0 unspecified atom stereocenters. The highest BCUT2D eigenvalue weighted by molar-refractivity contribution is 6.76. The Kier molecular flexibility index (Phi) is 8.38. The summed E-state index contributed by atoms with van der Waals surface area (Å²) in [5, 5.41) is 0. The Bertz CT molecular complexity index is 265. The van der Waals surface area contributed by atoms with Crippen molar-refractivity contribution in [3.63, 3.8) is 0 Å². The van der Waals surface area contributed by atoms with E-state index in [1.54, 1.807) is 0 Å². The lowest BCUT2D eigenvalue weighted by Crippen LogP contribution is -2.23. The summed E-state index contributed by atoms with van der Waals surface area (Å²) in [4.78, 5) is 22.0. The van der Waals surface area contributed by atoms with Crippen LogP contribution in [0, 0.1) is 0 Å². The zero-order valence-corrected chi connectivity index (χ0v) is 13.3. The highest BCUT2D eigenvalue weighted by Crippen LogP contribution is 2.28. The third-order valence-corrected chi connectivity index (χ3v) is 2.39. The molecule has 0 fully saturated rings. The molecule has 0 saturated carbocycles. The molecule has 0 amide bonds. The van der Waals surface area contributed by atoms with Crippen LogP contribution in [-0.2, 0) is 19.1 Å². The molecule has 106 valence electrons. The Labute approximate surface area is 134 Å². The molecular formula is C8H8Cl6O4. The maximum absolute atomic E-state index is 11.0. The van der Waals surface area contributed by atoms with Gasteiger partial charge >= 0.3 is 11.9 Å². The van der Waals surface area contributed by atoms with Gasteiger partial charge in [-0.1, -0.05) is 69.6 Å². The second-order valence-corrected chi connectivity index (χ2v) is 7.54. The van der Waals surface area contributed by atoms with E-state index in [1.165, 1.54) is 0 Å².